The molecular weight excluding hydrogens is 581 g/mol. The van der Waals surface area contributed by atoms with Gasteiger partial charge in [0.2, 0.25) is 11.8 Å². The van der Waals surface area contributed by atoms with E-state index in [-0.39, 0.29) is 35.8 Å². The van der Waals surface area contributed by atoms with E-state index in [2.05, 4.69) is 27.5 Å². The smallest absolute Gasteiger partial charge is 0.329 e. The number of carbonyl (C=O) groups excluding carboxylic acids is 4. The Morgan fingerprint density at radius 3 is 2.71 bits per heavy atom. The van der Waals surface area contributed by atoms with Crippen molar-refractivity contribution in [1.29, 1.82) is 0 Å². The van der Waals surface area contributed by atoms with Gasteiger partial charge >= 0.3 is 5.97 Å². The Balaban J connectivity index is 1.61. The van der Waals surface area contributed by atoms with E-state index in [1.165, 1.54) is 54.1 Å². The molecule has 0 fully saturated rings. The number of esters is 1. The van der Waals surface area contributed by atoms with Crippen molar-refractivity contribution in [2.75, 3.05) is 11.5 Å². The van der Waals surface area contributed by atoms with Crippen molar-refractivity contribution in [3.8, 4) is 0 Å². The first kappa shape index (κ1) is 33.6. The lowest BCUT2D eigenvalue weighted by Gasteiger charge is -2.27. The number of thioether (sulfide) groups is 2. The number of aromatic nitrogens is 1. The highest BCUT2D eigenvalue weighted by Crippen LogP contribution is 2.32. The molecule has 2 N–H and O–H groups in total. The van der Waals surface area contributed by atoms with Crippen molar-refractivity contribution in [2.24, 2.45) is 10.9 Å². The fourth-order valence-electron chi connectivity index (χ4n) is 4.53. The number of nitrogens with one attached hydrogen (secondary N) is 2. The fraction of sp³-hybridized carbons (Fsp3) is 0.724. The minimum absolute atomic E-state index is 0.0207. The number of ether oxygens (including phenoxy) is 1. The normalized spacial score (nSPS) is 23.6. The van der Waals surface area contributed by atoms with Crippen LogP contribution in [0.2, 0.25) is 0 Å². The van der Waals surface area contributed by atoms with Crippen LogP contribution in [0.5, 0.6) is 0 Å². The van der Waals surface area contributed by atoms with Gasteiger partial charge in [0.1, 0.15) is 33.4 Å². The van der Waals surface area contributed by atoms with Crippen molar-refractivity contribution in [2.45, 2.75) is 116 Å². The zero-order valence-electron chi connectivity index (χ0n) is 24.7. The Kier molecular flexibility index (Phi) is 13.6. The summed E-state index contributed by atoms with van der Waals surface area (Å²) in [6.45, 7) is 7.91. The molecule has 0 saturated heterocycles. The van der Waals surface area contributed by atoms with E-state index < -0.39 is 23.7 Å². The highest BCUT2D eigenvalue weighted by Gasteiger charge is 2.41. The zero-order valence-corrected chi connectivity index (χ0v) is 27.1. The van der Waals surface area contributed by atoms with Gasteiger partial charge < -0.3 is 15.4 Å². The Morgan fingerprint density at radius 1 is 1.17 bits per heavy atom. The molecule has 0 aliphatic carbocycles. The summed E-state index contributed by atoms with van der Waals surface area (Å²) in [5.74, 6) is -0.182. The van der Waals surface area contributed by atoms with E-state index >= 15 is 0 Å². The summed E-state index contributed by atoms with van der Waals surface area (Å²) in [4.78, 5) is 60.9. The number of aliphatic imine (C=N–C) groups is 1. The number of fused-ring (bicyclic) bond motifs is 4. The van der Waals surface area contributed by atoms with Crippen molar-refractivity contribution in [3.63, 3.8) is 0 Å². The predicted octanol–water partition coefficient (Wildman–Crippen LogP) is 5.26. The summed E-state index contributed by atoms with van der Waals surface area (Å²) in [7, 11) is 0. The molecule has 2 aliphatic heterocycles. The predicted molar refractivity (Wildman–Crippen MR) is 167 cm³/mol. The molecule has 2 amide bonds. The summed E-state index contributed by atoms with van der Waals surface area (Å²) in [5, 5.41) is 9.30. The quantitative estimate of drug-likeness (QED) is 0.238. The van der Waals surface area contributed by atoms with Crippen LogP contribution in [0.25, 0.3) is 0 Å². The molecule has 3 atom stereocenters. The Bertz CT molecular complexity index is 1090. The molecule has 0 radical (unpaired) electrons. The second-order valence-electron chi connectivity index (χ2n) is 11.2. The molecule has 9 nitrogen and oxygen atoms in total. The van der Waals surface area contributed by atoms with E-state index in [0.29, 0.717) is 41.5 Å². The number of hydrogen-bond donors (Lipinski definition) is 2. The Morgan fingerprint density at radius 2 is 1.95 bits per heavy atom. The van der Waals surface area contributed by atoms with Crippen LogP contribution in [0.1, 0.15) is 103 Å². The topological polar surface area (TPSA) is 127 Å². The SMILES string of the molecule is CCCCCCCC(=O)SCCCCC1CC(=O)NCc2nc(cs2)C2=NC(C)(CS2)C(=O)N[C@@H](C(C)C)C(=O)O1. The van der Waals surface area contributed by atoms with E-state index in [1.54, 1.807) is 6.92 Å². The molecule has 228 valence electrons. The number of rotatable bonds is 12. The minimum atomic E-state index is -1.02. The summed E-state index contributed by atoms with van der Waals surface area (Å²) in [6.07, 6.45) is 7.62. The number of hydrogen-bond acceptors (Lipinski definition) is 10. The minimum Gasteiger partial charge on any atom is -0.460 e. The van der Waals surface area contributed by atoms with Crippen LogP contribution >= 0.6 is 34.9 Å². The number of nitrogens with zero attached hydrogens (tertiary/aromatic N) is 2. The summed E-state index contributed by atoms with van der Waals surface area (Å²) < 4.78 is 5.86. The molecular formula is C29H44N4O5S3. The molecule has 0 spiro atoms. The van der Waals surface area contributed by atoms with Crippen LogP contribution in [0.4, 0.5) is 0 Å². The maximum atomic E-state index is 13.3. The van der Waals surface area contributed by atoms with Crippen molar-refractivity contribution >= 4 is 62.8 Å². The van der Waals surface area contributed by atoms with Crippen LogP contribution < -0.4 is 10.6 Å². The molecule has 0 aromatic carbocycles. The van der Waals surface area contributed by atoms with Gasteiger partial charge in [0.15, 0.2) is 5.12 Å². The standard InChI is InChI=1S/C29H44N4O5S3/c1-5-6-7-8-9-13-24(35)39-14-11-10-12-20-15-22(34)30-16-23-31-21(17-40-23)26-33-29(4,18-41-26)28(37)32-25(19(2)3)27(36)38-20/h17,19-20,25H,5-16,18H2,1-4H3,(H,30,34)(H,32,37)/t20?,25-,29?/m0/s1. The maximum absolute atomic E-state index is 13.3. The first-order valence-corrected chi connectivity index (χ1v) is 17.6. The first-order chi connectivity index (χ1) is 19.6. The Labute approximate surface area is 256 Å². The van der Waals surface area contributed by atoms with Crippen LogP contribution in [0.3, 0.4) is 0 Å². The van der Waals surface area contributed by atoms with E-state index in [0.717, 1.165) is 24.3 Å². The first-order valence-electron chi connectivity index (χ1n) is 14.7. The lowest BCUT2D eigenvalue weighted by Crippen LogP contribution is -2.53. The number of amides is 2. The van der Waals surface area contributed by atoms with Gasteiger partial charge in [-0.05, 0) is 38.5 Å². The van der Waals surface area contributed by atoms with Crippen LogP contribution in [0.15, 0.2) is 10.4 Å². The second kappa shape index (κ2) is 16.6. The molecule has 1 aromatic heterocycles. The fourth-order valence-corrected chi connectivity index (χ4v) is 7.32. The van der Waals surface area contributed by atoms with Gasteiger partial charge in [-0.25, -0.2) is 9.78 Å². The molecule has 0 saturated carbocycles. The lowest BCUT2D eigenvalue weighted by atomic mass is 10.00. The third kappa shape index (κ3) is 10.7. The van der Waals surface area contributed by atoms with Gasteiger partial charge in [0.05, 0.1) is 13.0 Å². The summed E-state index contributed by atoms with van der Waals surface area (Å²) in [6, 6.07) is -0.863. The van der Waals surface area contributed by atoms with Gasteiger partial charge in [-0.1, -0.05) is 58.2 Å². The molecule has 1 aromatic rings. The molecule has 3 rings (SSSR count). The summed E-state index contributed by atoms with van der Waals surface area (Å²) >= 11 is 4.25. The van der Waals surface area contributed by atoms with E-state index in [1.807, 2.05) is 19.2 Å². The maximum Gasteiger partial charge on any atom is 0.329 e. The van der Waals surface area contributed by atoms with Crippen LogP contribution in [0, 0.1) is 5.92 Å². The highest BCUT2D eigenvalue weighted by atomic mass is 32.2. The van der Waals surface area contributed by atoms with E-state index in [9.17, 15) is 19.2 Å². The average Bonchev–Trinajstić information content (AvgIpc) is 3.56. The molecule has 2 aliphatic rings. The molecule has 4 bridgehead atoms. The largest absolute Gasteiger partial charge is 0.460 e. The number of carbonyl (C=O) groups is 4. The van der Waals surface area contributed by atoms with E-state index in [4.69, 9.17) is 4.74 Å². The zero-order chi connectivity index (χ0) is 29.8. The molecule has 12 heteroatoms. The number of thiazole rings is 1. The third-order valence-corrected chi connectivity index (χ3v) is 10.3. The van der Waals surface area contributed by atoms with Crippen molar-refractivity contribution in [1.82, 2.24) is 15.6 Å². The van der Waals surface area contributed by atoms with Crippen LogP contribution in [-0.4, -0.2) is 62.1 Å². The molecule has 3 heterocycles. The average molecular weight is 625 g/mol. The van der Waals surface area contributed by atoms with Crippen molar-refractivity contribution in [3.05, 3.63) is 16.1 Å². The summed E-state index contributed by atoms with van der Waals surface area (Å²) in [5.41, 5.74) is -0.328. The molecule has 41 heavy (non-hydrogen) atoms. The Hall–Kier alpha value is -1.92. The van der Waals surface area contributed by atoms with Gasteiger partial charge in [-0.3, -0.25) is 19.4 Å². The van der Waals surface area contributed by atoms with Gasteiger partial charge in [0, 0.05) is 23.3 Å². The molecule has 2 unspecified atom stereocenters. The lowest BCUT2D eigenvalue weighted by molar-refractivity contribution is -0.156. The number of cyclic esters (lactones) is 1. The second-order valence-corrected chi connectivity index (χ2v) is 14.3. The third-order valence-electron chi connectivity index (χ3n) is 7.11. The van der Waals surface area contributed by atoms with Crippen molar-refractivity contribution < 1.29 is 23.9 Å². The number of unbranched alkanes of at least 4 members (excludes halogenated alkanes) is 5. The van der Waals surface area contributed by atoms with Gasteiger partial charge in [0.25, 0.3) is 0 Å². The highest BCUT2D eigenvalue weighted by molar-refractivity contribution is 8.14. The van der Waals surface area contributed by atoms with Crippen LogP contribution in [-0.2, 0) is 30.5 Å². The van der Waals surface area contributed by atoms with Gasteiger partial charge in [-0.15, -0.1) is 23.1 Å². The van der Waals surface area contributed by atoms with Gasteiger partial charge in [-0.2, -0.15) is 0 Å². The monoisotopic (exact) mass is 624 g/mol.